The van der Waals surface area contributed by atoms with Crippen LogP contribution >= 0.6 is 0 Å². The van der Waals surface area contributed by atoms with E-state index in [0.717, 1.165) is 24.0 Å². The van der Waals surface area contributed by atoms with E-state index in [0.29, 0.717) is 5.92 Å². The molecule has 2 aliphatic carbocycles. The summed E-state index contributed by atoms with van der Waals surface area (Å²) >= 11 is 0. The van der Waals surface area contributed by atoms with Crippen molar-refractivity contribution in [1.82, 2.24) is 0 Å². The standard InChI is InChI=1S/C33H34BNO2/c1-31(2)19-22(20-12-8-7-9-13-20)17-27-28(31)26-18-24-23-15-11-10-14-21(23)16-25(24)29(30(26)35-27)34-36-32(3,4)33(5,6)37-34/h7-16,18,22H,17,19H2,1-6H3. The Kier molecular flexibility index (Phi) is 4.73. The van der Waals surface area contributed by atoms with Gasteiger partial charge < -0.3 is 9.31 Å². The van der Waals surface area contributed by atoms with E-state index in [1.165, 1.54) is 44.0 Å². The Balaban J connectivity index is 1.47. The van der Waals surface area contributed by atoms with Gasteiger partial charge in [-0.15, -0.1) is 0 Å². The second-order valence-electron chi connectivity index (χ2n) is 12.8. The molecule has 0 radical (unpaired) electrons. The second-order valence-corrected chi connectivity index (χ2v) is 12.8. The van der Waals surface area contributed by atoms with Crippen LogP contribution in [-0.4, -0.2) is 24.0 Å². The first-order valence-corrected chi connectivity index (χ1v) is 13.6. The molecule has 4 heteroatoms. The molecule has 0 amide bonds. The molecule has 7 rings (SSSR count). The van der Waals surface area contributed by atoms with Gasteiger partial charge in [-0.25, -0.2) is 0 Å². The van der Waals surface area contributed by atoms with Crippen molar-refractivity contribution in [2.45, 2.75) is 71.5 Å². The van der Waals surface area contributed by atoms with Crippen molar-refractivity contribution in [3.63, 3.8) is 0 Å². The molecule has 1 unspecified atom stereocenters. The molecule has 0 spiro atoms. The van der Waals surface area contributed by atoms with Crippen molar-refractivity contribution >= 4 is 35.6 Å². The van der Waals surface area contributed by atoms with Crippen LogP contribution in [0.4, 0.5) is 5.69 Å². The van der Waals surface area contributed by atoms with Crippen molar-refractivity contribution in [3.8, 4) is 11.1 Å². The van der Waals surface area contributed by atoms with Crippen LogP contribution in [0.15, 0.2) is 65.7 Å². The Hall–Kier alpha value is -2.95. The lowest BCUT2D eigenvalue weighted by Crippen LogP contribution is -2.46. The molecule has 3 aromatic carbocycles. The topological polar surface area (TPSA) is 30.8 Å². The van der Waals surface area contributed by atoms with Crippen LogP contribution in [-0.2, 0) is 9.31 Å². The first-order valence-electron chi connectivity index (χ1n) is 13.6. The summed E-state index contributed by atoms with van der Waals surface area (Å²) in [4.78, 5) is 5.42. The predicted molar refractivity (Wildman–Crippen MR) is 153 cm³/mol. The zero-order valence-corrected chi connectivity index (χ0v) is 22.7. The molecule has 0 bridgehead atoms. The molecule has 186 valence electrons. The summed E-state index contributed by atoms with van der Waals surface area (Å²) < 4.78 is 13.3. The van der Waals surface area contributed by atoms with E-state index in [-0.39, 0.29) is 5.41 Å². The first kappa shape index (κ1) is 23.2. The number of fused-ring (bicyclic) bond motifs is 5. The van der Waals surface area contributed by atoms with Crippen molar-refractivity contribution in [2.75, 3.05) is 0 Å². The molecule has 3 nitrogen and oxygen atoms in total. The van der Waals surface area contributed by atoms with Gasteiger partial charge >= 0.3 is 7.12 Å². The smallest absolute Gasteiger partial charge is 0.399 e. The molecule has 1 atom stereocenters. The number of hydrogen-bond acceptors (Lipinski definition) is 3. The van der Waals surface area contributed by atoms with E-state index in [4.69, 9.17) is 14.3 Å². The molecule has 0 N–H and O–H groups in total. The Morgan fingerprint density at radius 3 is 2.24 bits per heavy atom. The largest absolute Gasteiger partial charge is 0.497 e. The fourth-order valence-electron chi connectivity index (χ4n) is 6.85. The fraction of sp³-hybridized carbons (Fsp3) is 0.364. The van der Waals surface area contributed by atoms with Gasteiger partial charge in [-0.2, -0.15) is 0 Å². The molecule has 1 saturated heterocycles. The highest BCUT2D eigenvalue weighted by molar-refractivity contribution is 6.64. The summed E-state index contributed by atoms with van der Waals surface area (Å²) in [6, 6.07) is 22.0. The lowest BCUT2D eigenvalue weighted by Gasteiger charge is -2.38. The quantitative estimate of drug-likeness (QED) is 0.343. The van der Waals surface area contributed by atoms with Crippen LogP contribution in [0.3, 0.4) is 0 Å². The normalized spacial score (nSPS) is 23.6. The highest BCUT2D eigenvalue weighted by atomic mass is 16.7. The van der Waals surface area contributed by atoms with Gasteiger partial charge in [-0.05, 0) is 97.1 Å². The number of nitrogens with zero attached hydrogens (tertiary/aromatic N) is 1. The minimum atomic E-state index is -0.461. The molecular weight excluding hydrogens is 453 g/mol. The SMILES string of the molecule is CC1(C)CC(c2ccccc2)CC2=Nc3c(B4OC(C)(C)C(C)(C)O4)c4c(cc3=C21)-c1ccccc1C=4. The molecular formula is C33H34BNO2. The Morgan fingerprint density at radius 2 is 1.51 bits per heavy atom. The van der Waals surface area contributed by atoms with E-state index < -0.39 is 18.3 Å². The maximum Gasteiger partial charge on any atom is 0.497 e. The number of aliphatic imine (C=N–C) groups is 1. The predicted octanol–water partition coefficient (Wildman–Crippen LogP) is 5.64. The minimum Gasteiger partial charge on any atom is -0.399 e. The Labute approximate surface area is 220 Å². The maximum atomic E-state index is 6.67. The van der Waals surface area contributed by atoms with Crippen LogP contribution in [0.5, 0.6) is 0 Å². The van der Waals surface area contributed by atoms with E-state index in [9.17, 15) is 0 Å². The zero-order valence-electron chi connectivity index (χ0n) is 22.7. The van der Waals surface area contributed by atoms with E-state index in [2.05, 4.69) is 108 Å². The lowest BCUT2D eigenvalue weighted by molar-refractivity contribution is 0.00578. The molecule has 3 aromatic rings. The van der Waals surface area contributed by atoms with Crippen LogP contribution in [0, 0.1) is 5.41 Å². The van der Waals surface area contributed by atoms with Crippen LogP contribution < -0.4 is 15.9 Å². The van der Waals surface area contributed by atoms with Crippen LogP contribution in [0.2, 0.25) is 0 Å². The molecule has 0 aromatic heterocycles. The molecule has 2 aliphatic heterocycles. The molecule has 2 heterocycles. The number of hydrogen-bond donors (Lipinski definition) is 0. The van der Waals surface area contributed by atoms with Gasteiger partial charge in [0.1, 0.15) is 0 Å². The average Bonchev–Trinajstić information content (AvgIpc) is 3.46. The average molecular weight is 487 g/mol. The van der Waals surface area contributed by atoms with Crippen molar-refractivity contribution < 1.29 is 9.31 Å². The van der Waals surface area contributed by atoms with Gasteiger partial charge in [0.05, 0.1) is 16.9 Å². The summed E-state index contributed by atoms with van der Waals surface area (Å²) in [5.74, 6) is 0.465. The van der Waals surface area contributed by atoms with Gasteiger partial charge in [0.25, 0.3) is 0 Å². The minimum absolute atomic E-state index is 0.00607. The van der Waals surface area contributed by atoms with Gasteiger partial charge in [0.2, 0.25) is 0 Å². The van der Waals surface area contributed by atoms with E-state index in [1.807, 2.05) is 0 Å². The maximum absolute atomic E-state index is 6.67. The third kappa shape index (κ3) is 3.32. The number of rotatable bonds is 2. The lowest BCUT2D eigenvalue weighted by atomic mass is 9.65. The van der Waals surface area contributed by atoms with Crippen molar-refractivity contribution in [2.24, 2.45) is 10.4 Å². The van der Waals surface area contributed by atoms with Gasteiger partial charge in [0, 0.05) is 16.4 Å². The van der Waals surface area contributed by atoms with Crippen molar-refractivity contribution in [1.29, 1.82) is 0 Å². The Bertz CT molecular complexity index is 1600. The molecule has 4 aliphatic rings. The van der Waals surface area contributed by atoms with Gasteiger partial charge in [-0.1, -0.05) is 68.4 Å². The van der Waals surface area contributed by atoms with Gasteiger partial charge in [-0.3, -0.25) is 4.99 Å². The number of benzene rings is 3. The monoisotopic (exact) mass is 487 g/mol. The van der Waals surface area contributed by atoms with E-state index in [1.54, 1.807) is 0 Å². The highest BCUT2D eigenvalue weighted by Crippen LogP contribution is 2.48. The molecule has 37 heavy (non-hydrogen) atoms. The summed E-state index contributed by atoms with van der Waals surface area (Å²) in [5, 5.41) is 2.46. The highest BCUT2D eigenvalue weighted by Gasteiger charge is 2.53. The van der Waals surface area contributed by atoms with Gasteiger partial charge in [0.15, 0.2) is 0 Å². The van der Waals surface area contributed by atoms with Crippen LogP contribution in [0.1, 0.15) is 71.4 Å². The van der Waals surface area contributed by atoms with Crippen LogP contribution in [0.25, 0.3) is 22.8 Å². The fourth-order valence-corrected chi connectivity index (χ4v) is 6.85. The summed E-state index contributed by atoms with van der Waals surface area (Å²) in [5.41, 5.74) is 9.15. The zero-order chi connectivity index (χ0) is 25.7. The summed E-state index contributed by atoms with van der Waals surface area (Å²) in [6.07, 6.45) is 4.37. The molecule has 1 saturated carbocycles. The van der Waals surface area contributed by atoms with Crippen molar-refractivity contribution in [3.05, 3.63) is 82.2 Å². The summed E-state index contributed by atoms with van der Waals surface area (Å²) in [6.45, 7) is 13.3. The summed E-state index contributed by atoms with van der Waals surface area (Å²) in [7, 11) is -0.461. The molecule has 2 fully saturated rings. The third-order valence-corrected chi connectivity index (χ3v) is 9.37. The third-order valence-electron chi connectivity index (χ3n) is 9.37. The Morgan fingerprint density at radius 1 is 0.838 bits per heavy atom. The van der Waals surface area contributed by atoms with E-state index >= 15 is 0 Å². The second kappa shape index (κ2) is 7.55. The first-order chi connectivity index (χ1) is 17.6.